The number of thioether (sulfide) groups is 1. The molecule has 1 aromatic carbocycles. The van der Waals surface area contributed by atoms with Crippen LogP contribution >= 0.6 is 23.3 Å². The Labute approximate surface area is 130 Å². The van der Waals surface area contributed by atoms with Crippen molar-refractivity contribution in [1.29, 1.82) is 0 Å². The van der Waals surface area contributed by atoms with Gasteiger partial charge >= 0.3 is 0 Å². The lowest BCUT2D eigenvalue weighted by Crippen LogP contribution is -2.30. The number of fused-ring (bicyclic) bond motifs is 1. The van der Waals surface area contributed by atoms with Gasteiger partial charge in [-0.2, -0.15) is 0 Å². The van der Waals surface area contributed by atoms with E-state index in [2.05, 4.69) is 14.9 Å². The molecule has 2 heterocycles. The van der Waals surface area contributed by atoms with Gasteiger partial charge in [0.25, 0.3) is 5.91 Å². The number of hydrogen-bond donors (Lipinski definition) is 1. The highest BCUT2D eigenvalue weighted by Gasteiger charge is 2.25. The molecule has 4 nitrogen and oxygen atoms in total. The summed E-state index contributed by atoms with van der Waals surface area (Å²) in [6.45, 7) is 1.94. The summed E-state index contributed by atoms with van der Waals surface area (Å²) in [5.41, 5.74) is 1.57. The number of benzene rings is 1. The Kier molecular flexibility index (Phi) is 4.21. The van der Waals surface area contributed by atoms with E-state index in [0.29, 0.717) is 17.0 Å². The fraction of sp³-hybridized carbons (Fsp3) is 0.357. The highest BCUT2D eigenvalue weighted by Crippen LogP contribution is 2.36. The molecule has 0 bridgehead atoms. The number of nitrogens with one attached hydrogen (secondary N) is 1. The number of rotatable bonds is 3. The van der Waals surface area contributed by atoms with E-state index in [0.717, 1.165) is 34.2 Å². The summed E-state index contributed by atoms with van der Waals surface area (Å²) >= 11 is 2.80. The van der Waals surface area contributed by atoms with E-state index in [9.17, 15) is 9.18 Å². The second kappa shape index (κ2) is 6.11. The van der Waals surface area contributed by atoms with Crippen LogP contribution in [0.5, 0.6) is 0 Å². The monoisotopic (exact) mass is 323 g/mol. The van der Waals surface area contributed by atoms with Crippen LogP contribution in [0.15, 0.2) is 23.1 Å². The summed E-state index contributed by atoms with van der Waals surface area (Å²) in [6.07, 6.45) is 1.46. The maximum Gasteiger partial charge on any atom is 0.265 e. The second-order valence-corrected chi connectivity index (χ2v) is 6.64. The standard InChI is InChI=1S/C14H14FN3OS2/c1-2-10-13(21-18-17-10)14(19)16-11-5-6-20-12-4-3-8(15)7-9(11)12/h3-4,7,11H,2,5-6H2,1H3,(H,16,19). The molecule has 0 radical (unpaired) electrons. The van der Waals surface area contributed by atoms with E-state index in [-0.39, 0.29) is 17.8 Å². The second-order valence-electron chi connectivity index (χ2n) is 4.75. The molecule has 1 aliphatic rings. The summed E-state index contributed by atoms with van der Waals surface area (Å²) in [4.78, 5) is 14.0. The fourth-order valence-electron chi connectivity index (χ4n) is 2.35. The lowest BCUT2D eigenvalue weighted by molar-refractivity contribution is 0.0938. The zero-order valence-electron chi connectivity index (χ0n) is 11.4. The number of hydrogen-bond acceptors (Lipinski definition) is 5. The molecular weight excluding hydrogens is 309 g/mol. The zero-order valence-corrected chi connectivity index (χ0v) is 13.1. The molecule has 1 unspecified atom stereocenters. The SMILES string of the molecule is CCc1nnsc1C(=O)NC1CCSc2ccc(F)cc21. The first-order valence-corrected chi connectivity index (χ1v) is 8.49. The van der Waals surface area contributed by atoms with Gasteiger partial charge in [0.15, 0.2) is 0 Å². The smallest absolute Gasteiger partial charge is 0.265 e. The Hall–Kier alpha value is -1.47. The number of aromatic nitrogens is 2. The van der Waals surface area contributed by atoms with E-state index in [1.165, 1.54) is 12.1 Å². The third kappa shape index (κ3) is 2.94. The van der Waals surface area contributed by atoms with E-state index in [4.69, 9.17) is 0 Å². The normalized spacial score (nSPS) is 17.3. The number of amides is 1. The molecule has 1 atom stereocenters. The van der Waals surface area contributed by atoms with E-state index >= 15 is 0 Å². The summed E-state index contributed by atoms with van der Waals surface area (Å²) < 4.78 is 17.3. The molecule has 0 aliphatic carbocycles. The Morgan fingerprint density at radius 1 is 1.52 bits per heavy atom. The minimum absolute atomic E-state index is 0.156. The number of aryl methyl sites for hydroxylation is 1. The fourth-order valence-corrected chi connectivity index (χ4v) is 4.11. The van der Waals surface area contributed by atoms with Crippen molar-refractivity contribution in [2.45, 2.75) is 30.7 Å². The zero-order chi connectivity index (χ0) is 14.8. The topological polar surface area (TPSA) is 54.9 Å². The van der Waals surface area contributed by atoms with Crippen molar-refractivity contribution in [3.05, 3.63) is 40.2 Å². The summed E-state index contributed by atoms with van der Waals surface area (Å²) in [6, 6.07) is 4.59. The molecule has 110 valence electrons. The molecule has 1 amide bonds. The van der Waals surface area contributed by atoms with Crippen molar-refractivity contribution in [2.75, 3.05) is 5.75 Å². The first kappa shape index (κ1) is 14.5. The Morgan fingerprint density at radius 3 is 3.19 bits per heavy atom. The lowest BCUT2D eigenvalue weighted by Gasteiger charge is -2.25. The first-order chi connectivity index (χ1) is 10.2. The first-order valence-electron chi connectivity index (χ1n) is 6.73. The summed E-state index contributed by atoms with van der Waals surface area (Å²) in [7, 11) is 0. The molecule has 0 fully saturated rings. The van der Waals surface area contributed by atoms with Gasteiger partial charge in [-0.3, -0.25) is 4.79 Å². The highest BCUT2D eigenvalue weighted by atomic mass is 32.2. The highest BCUT2D eigenvalue weighted by molar-refractivity contribution is 7.99. The van der Waals surface area contributed by atoms with Crippen LogP contribution in [0.2, 0.25) is 0 Å². The average molecular weight is 323 g/mol. The summed E-state index contributed by atoms with van der Waals surface area (Å²) in [5, 5.41) is 6.94. The van der Waals surface area contributed by atoms with Gasteiger partial charge in [0, 0.05) is 10.6 Å². The molecule has 0 spiro atoms. The van der Waals surface area contributed by atoms with E-state index in [1.807, 2.05) is 6.92 Å². The Balaban J connectivity index is 1.83. The van der Waals surface area contributed by atoms with Gasteiger partial charge in [0.05, 0.1) is 11.7 Å². The predicted octanol–water partition coefficient (Wildman–Crippen LogP) is 3.21. The lowest BCUT2D eigenvalue weighted by atomic mass is 10.0. The van der Waals surface area contributed by atoms with Gasteiger partial charge in [-0.1, -0.05) is 11.4 Å². The van der Waals surface area contributed by atoms with Crippen LogP contribution in [0.3, 0.4) is 0 Å². The molecule has 7 heteroatoms. The van der Waals surface area contributed by atoms with Gasteiger partial charge in [-0.25, -0.2) is 4.39 Å². The minimum Gasteiger partial charge on any atom is -0.344 e. The molecule has 1 aliphatic heterocycles. The van der Waals surface area contributed by atoms with Gasteiger partial charge in [-0.15, -0.1) is 16.9 Å². The van der Waals surface area contributed by atoms with Crippen molar-refractivity contribution in [3.8, 4) is 0 Å². The van der Waals surface area contributed by atoms with Crippen LogP contribution in [0.4, 0.5) is 4.39 Å². The molecular formula is C14H14FN3OS2. The van der Waals surface area contributed by atoms with Crippen molar-refractivity contribution in [2.24, 2.45) is 0 Å². The largest absolute Gasteiger partial charge is 0.344 e. The number of carbonyl (C=O) groups is 1. The minimum atomic E-state index is -0.274. The third-order valence-corrected chi connectivity index (χ3v) is 5.30. The van der Waals surface area contributed by atoms with Gasteiger partial charge in [0.1, 0.15) is 10.7 Å². The van der Waals surface area contributed by atoms with Crippen molar-refractivity contribution in [3.63, 3.8) is 0 Å². The third-order valence-electron chi connectivity index (χ3n) is 3.41. The number of halogens is 1. The van der Waals surface area contributed by atoms with Crippen LogP contribution in [-0.4, -0.2) is 21.2 Å². The molecule has 1 aromatic heterocycles. The molecule has 3 rings (SSSR count). The quantitative estimate of drug-likeness (QED) is 0.942. The van der Waals surface area contributed by atoms with E-state index in [1.54, 1.807) is 17.8 Å². The number of nitrogens with zero attached hydrogens (tertiary/aromatic N) is 2. The molecule has 2 aromatic rings. The van der Waals surface area contributed by atoms with E-state index < -0.39 is 0 Å². The van der Waals surface area contributed by atoms with Gasteiger partial charge in [0.2, 0.25) is 0 Å². The van der Waals surface area contributed by atoms with Crippen LogP contribution in [0.1, 0.15) is 40.3 Å². The van der Waals surface area contributed by atoms with Crippen molar-refractivity contribution < 1.29 is 9.18 Å². The predicted molar refractivity (Wildman–Crippen MR) is 81.2 cm³/mol. The van der Waals surface area contributed by atoms with Gasteiger partial charge < -0.3 is 5.32 Å². The molecule has 0 saturated heterocycles. The molecule has 1 N–H and O–H groups in total. The van der Waals surface area contributed by atoms with Gasteiger partial charge in [-0.05, 0) is 48.1 Å². The Bertz CT molecular complexity index is 674. The number of carbonyl (C=O) groups excluding carboxylic acids is 1. The van der Waals surface area contributed by atoms with Crippen LogP contribution < -0.4 is 5.32 Å². The average Bonchev–Trinajstić information content (AvgIpc) is 2.96. The van der Waals surface area contributed by atoms with Crippen molar-refractivity contribution >= 4 is 29.2 Å². The van der Waals surface area contributed by atoms with Crippen LogP contribution in [0.25, 0.3) is 0 Å². The molecule has 21 heavy (non-hydrogen) atoms. The Morgan fingerprint density at radius 2 is 2.38 bits per heavy atom. The maximum absolute atomic E-state index is 13.5. The van der Waals surface area contributed by atoms with Crippen LogP contribution in [0, 0.1) is 5.82 Å². The maximum atomic E-state index is 13.5. The van der Waals surface area contributed by atoms with Crippen LogP contribution in [-0.2, 0) is 6.42 Å². The summed E-state index contributed by atoms with van der Waals surface area (Å²) in [5.74, 6) is 0.462. The van der Waals surface area contributed by atoms with Crippen molar-refractivity contribution in [1.82, 2.24) is 14.9 Å². The molecule has 0 saturated carbocycles.